The summed E-state index contributed by atoms with van der Waals surface area (Å²) in [4.78, 5) is 17.0. The van der Waals surface area contributed by atoms with Crippen LogP contribution in [-0.4, -0.2) is 34.0 Å². The fourth-order valence-corrected chi connectivity index (χ4v) is 1.98. The molecule has 1 heterocycles. The molecule has 0 amide bonds. The number of nitrogens with zero attached hydrogens (tertiary/aromatic N) is 2. The van der Waals surface area contributed by atoms with Crippen LogP contribution in [0.3, 0.4) is 0 Å². The molecule has 4 nitrogen and oxygen atoms in total. The van der Waals surface area contributed by atoms with Crippen LogP contribution in [0, 0.1) is 5.82 Å². The van der Waals surface area contributed by atoms with Gasteiger partial charge in [0, 0.05) is 11.8 Å². The molecule has 1 unspecified atom stereocenters. The minimum Gasteiger partial charge on any atom is -0.480 e. The van der Waals surface area contributed by atoms with Crippen molar-refractivity contribution in [3.63, 3.8) is 0 Å². The van der Waals surface area contributed by atoms with Gasteiger partial charge in [-0.3, -0.25) is 9.88 Å². The Morgan fingerprint density at radius 1 is 1.47 bits per heavy atom. The van der Waals surface area contributed by atoms with Crippen molar-refractivity contribution in [2.75, 3.05) is 13.1 Å². The van der Waals surface area contributed by atoms with E-state index in [-0.39, 0.29) is 0 Å². The number of carbonyl (C=O) groups is 1. The summed E-state index contributed by atoms with van der Waals surface area (Å²) >= 11 is 0. The zero-order chi connectivity index (χ0) is 13.1. The van der Waals surface area contributed by atoms with Gasteiger partial charge in [0.1, 0.15) is 11.4 Å². The molecule has 0 aromatic carbocycles. The van der Waals surface area contributed by atoms with E-state index in [4.69, 9.17) is 0 Å². The van der Waals surface area contributed by atoms with Crippen LogP contribution >= 0.6 is 0 Å². The molecule has 0 radical (unpaired) electrons. The van der Waals surface area contributed by atoms with Gasteiger partial charge in [-0.1, -0.05) is 13.8 Å². The molecule has 0 aliphatic rings. The minimum absolute atomic E-state index is 0.355. The highest BCUT2D eigenvalue weighted by Crippen LogP contribution is 2.28. The minimum atomic E-state index is -1.25. The van der Waals surface area contributed by atoms with E-state index in [0.717, 1.165) is 6.20 Å². The summed E-state index contributed by atoms with van der Waals surface area (Å²) in [5.74, 6) is -1.53. The number of carboxylic acids is 1. The molecular formula is C12H17FN2O2. The Bertz CT molecular complexity index is 407. The molecular weight excluding hydrogens is 223 g/mol. The Labute approximate surface area is 100 Å². The van der Waals surface area contributed by atoms with Crippen LogP contribution in [0.25, 0.3) is 0 Å². The predicted octanol–water partition coefficient (Wildman–Crippen LogP) is 1.86. The van der Waals surface area contributed by atoms with Crippen LogP contribution in [0.5, 0.6) is 0 Å². The number of hydrogen-bond acceptors (Lipinski definition) is 3. The standard InChI is InChI=1S/C12H17FN2O2/c1-4-15(5-2)12(3,11(16)17)9-6-10(13)8-14-7-9/h6-8H,4-5H2,1-3H3,(H,16,17). The van der Waals surface area contributed by atoms with E-state index in [1.807, 2.05) is 13.8 Å². The van der Waals surface area contributed by atoms with E-state index in [1.54, 1.807) is 11.8 Å². The van der Waals surface area contributed by atoms with Gasteiger partial charge in [-0.15, -0.1) is 0 Å². The number of rotatable bonds is 5. The van der Waals surface area contributed by atoms with E-state index in [1.165, 1.54) is 12.3 Å². The van der Waals surface area contributed by atoms with E-state index >= 15 is 0 Å². The van der Waals surface area contributed by atoms with Gasteiger partial charge in [-0.2, -0.15) is 0 Å². The van der Waals surface area contributed by atoms with Crippen molar-refractivity contribution in [2.24, 2.45) is 0 Å². The second kappa shape index (κ2) is 5.23. The smallest absolute Gasteiger partial charge is 0.328 e. The van der Waals surface area contributed by atoms with Gasteiger partial charge in [0.2, 0.25) is 0 Å². The predicted molar refractivity (Wildman–Crippen MR) is 62.1 cm³/mol. The van der Waals surface area contributed by atoms with Crippen molar-refractivity contribution in [1.82, 2.24) is 9.88 Å². The third kappa shape index (κ3) is 2.44. The summed E-state index contributed by atoms with van der Waals surface area (Å²) in [6.07, 6.45) is 2.46. The zero-order valence-electron chi connectivity index (χ0n) is 10.3. The molecule has 1 N–H and O–H groups in total. The summed E-state index contributed by atoms with van der Waals surface area (Å²) in [7, 11) is 0. The van der Waals surface area contributed by atoms with Gasteiger partial charge < -0.3 is 5.11 Å². The monoisotopic (exact) mass is 240 g/mol. The molecule has 0 bridgehead atoms. The summed E-state index contributed by atoms with van der Waals surface area (Å²) in [5.41, 5.74) is -0.896. The maximum atomic E-state index is 13.2. The molecule has 0 spiro atoms. The maximum absolute atomic E-state index is 13.2. The van der Waals surface area contributed by atoms with Gasteiger partial charge in [-0.25, -0.2) is 9.18 Å². The third-order valence-electron chi connectivity index (χ3n) is 3.08. The third-order valence-corrected chi connectivity index (χ3v) is 3.08. The number of pyridine rings is 1. The van der Waals surface area contributed by atoms with E-state index in [9.17, 15) is 14.3 Å². The molecule has 5 heteroatoms. The lowest BCUT2D eigenvalue weighted by Gasteiger charge is -2.36. The van der Waals surface area contributed by atoms with E-state index in [0.29, 0.717) is 18.7 Å². The molecule has 1 rings (SSSR count). The van der Waals surface area contributed by atoms with Crippen molar-refractivity contribution in [2.45, 2.75) is 26.3 Å². The van der Waals surface area contributed by atoms with Gasteiger partial charge in [0.15, 0.2) is 0 Å². The molecule has 1 aromatic rings. The Morgan fingerprint density at radius 2 is 2.06 bits per heavy atom. The van der Waals surface area contributed by atoms with Crippen molar-refractivity contribution in [1.29, 1.82) is 0 Å². The second-order valence-corrected chi connectivity index (χ2v) is 3.94. The van der Waals surface area contributed by atoms with Crippen LogP contribution in [0.4, 0.5) is 4.39 Å². The van der Waals surface area contributed by atoms with Gasteiger partial charge in [-0.05, 0) is 26.1 Å². The summed E-state index contributed by atoms with van der Waals surface area (Å²) in [6.45, 7) is 6.44. The first-order valence-electron chi connectivity index (χ1n) is 5.56. The van der Waals surface area contributed by atoms with Crippen molar-refractivity contribution in [3.05, 3.63) is 29.8 Å². The van der Waals surface area contributed by atoms with Gasteiger partial charge >= 0.3 is 5.97 Å². The van der Waals surface area contributed by atoms with Gasteiger partial charge in [0.25, 0.3) is 0 Å². The Kier molecular flexibility index (Phi) is 4.17. The quantitative estimate of drug-likeness (QED) is 0.853. The van der Waals surface area contributed by atoms with E-state index < -0.39 is 17.3 Å². The topological polar surface area (TPSA) is 53.4 Å². The molecule has 0 saturated carbocycles. The molecule has 1 atom stereocenters. The lowest BCUT2D eigenvalue weighted by molar-refractivity contribution is -0.151. The summed E-state index contributed by atoms with van der Waals surface area (Å²) in [6, 6.07) is 1.22. The van der Waals surface area contributed by atoms with E-state index in [2.05, 4.69) is 4.98 Å². The molecule has 0 fully saturated rings. The maximum Gasteiger partial charge on any atom is 0.328 e. The number of likely N-dealkylation sites (N-methyl/N-ethyl adjacent to an activating group) is 1. The number of aromatic nitrogens is 1. The number of halogens is 1. The van der Waals surface area contributed by atoms with Crippen LogP contribution in [0.1, 0.15) is 26.3 Å². The highest BCUT2D eigenvalue weighted by molar-refractivity contribution is 5.80. The number of carboxylic acid groups (broad SMARTS) is 1. The Morgan fingerprint density at radius 3 is 2.47 bits per heavy atom. The van der Waals surface area contributed by atoms with Crippen LogP contribution in [-0.2, 0) is 10.3 Å². The average molecular weight is 240 g/mol. The van der Waals surface area contributed by atoms with Crippen LogP contribution < -0.4 is 0 Å². The highest BCUT2D eigenvalue weighted by atomic mass is 19.1. The normalized spacial score (nSPS) is 14.6. The van der Waals surface area contributed by atoms with Crippen molar-refractivity contribution >= 4 is 5.97 Å². The fourth-order valence-electron chi connectivity index (χ4n) is 1.98. The second-order valence-electron chi connectivity index (χ2n) is 3.94. The molecule has 94 valence electrons. The Balaban J connectivity index is 3.29. The summed E-state index contributed by atoms with van der Waals surface area (Å²) in [5, 5.41) is 9.42. The molecule has 1 aromatic heterocycles. The lowest BCUT2D eigenvalue weighted by atomic mass is 9.91. The van der Waals surface area contributed by atoms with Crippen molar-refractivity contribution in [3.8, 4) is 0 Å². The SMILES string of the molecule is CCN(CC)C(C)(C(=O)O)c1cncc(F)c1. The first kappa shape index (κ1) is 13.6. The Hall–Kier alpha value is -1.49. The van der Waals surface area contributed by atoms with Gasteiger partial charge in [0.05, 0.1) is 6.20 Å². The molecule has 0 saturated heterocycles. The average Bonchev–Trinajstić information content (AvgIpc) is 2.30. The molecule has 0 aliphatic carbocycles. The first-order valence-corrected chi connectivity index (χ1v) is 5.56. The van der Waals surface area contributed by atoms with Crippen LogP contribution in [0.2, 0.25) is 0 Å². The highest BCUT2D eigenvalue weighted by Gasteiger charge is 2.40. The number of aliphatic carboxylic acids is 1. The molecule has 17 heavy (non-hydrogen) atoms. The largest absolute Gasteiger partial charge is 0.480 e. The zero-order valence-corrected chi connectivity index (χ0v) is 10.3. The van der Waals surface area contributed by atoms with Crippen molar-refractivity contribution < 1.29 is 14.3 Å². The summed E-state index contributed by atoms with van der Waals surface area (Å²) < 4.78 is 13.2. The lowest BCUT2D eigenvalue weighted by Crippen LogP contribution is -2.49. The first-order chi connectivity index (χ1) is 7.96. The van der Waals surface area contributed by atoms with Crippen LogP contribution in [0.15, 0.2) is 18.5 Å². The fraction of sp³-hybridized carbons (Fsp3) is 0.500. The number of hydrogen-bond donors (Lipinski definition) is 1. The molecule has 0 aliphatic heterocycles.